The Morgan fingerprint density at radius 1 is 0.958 bits per heavy atom. The Labute approximate surface area is 141 Å². The zero-order valence-electron chi connectivity index (χ0n) is 13.9. The second-order valence-corrected chi connectivity index (χ2v) is 8.63. The zero-order valence-corrected chi connectivity index (χ0v) is 14.7. The van der Waals surface area contributed by atoms with E-state index in [2.05, 4.69) is 0 Å². The summed E-state index contributed by atoms with van der Waals surface area (Å²) in [6.07, 6.45) is 0. The number of nitrogens with zero attached hydrogens (tertiary/aromatic N) is 2. The van der Waals surface area contributed by atoms with Gasteiger partial charge in [-0.1, -0.05) is 0 Å². The Bertz CT molecular complexity index is 723. The van der Waals surface area contributed by atoms with Crippen molar-refractivity contribution in [2.24, 2.45) is 0 Å². The molecule has 0 amide bonds. The summed E-state index contributed by atoms with van der Waals surface area (Å²) in [7, 11) is -2.88. The standard InChI is InChI=1S/C15H16N2O5S.H3N/c1-14(2)19-9-5-10-12(22-15(3,4)20-10)13(11(9)21-14)23(6-16,7-17)8-18;/h5,18H,8H2,1-4H3;1H3. The topological polar surface area (TPSA) is 140 Å². The number of aliphatic hydroxyl groups excluding tert-OH is 1. The van der Waals surface area contributed by atoms with Gasteiger partial charge in [0.05, 0.1) is 0 Å². The number of fused-ring (bicyclic) bond motifs is 2. The van der Waals surface area contributed by atoms with E-state index in [0.717, 1.165) is 0 Å². The van der Waals surface area contributed by atoms with Crippen LogP contribution in [0.5, 0.6) is 23.0 Å². The summed E-state index contributed by atoms with van der Waals surface area (Å²) in [4.78, 5) is 0.216. The van der Waals surface area contributed by atoms with Crippen molar-refractivity contribution in [3.05, 3.63) is 6.07 Å². The van der Waals surface area contributed by atoms with Crippen LogP contribution in [0.15, 0.2) is 11.0 Å². The van der Waals surface area contributed by atoms with Gasteiger partial charge in [-0.05, 0) is 10.0 Å². The van der Waals surface area contributed by atoms with Gasteiger partial charge in [0.1, 0.15) is 21.6 Å². The molecule has 0 saturated carbocycles. The largest absolute Gasteiger partial charge is 0.449 e. The van der Waals surface area contributed by atoms with Crippen molar-refractivity contribution in [3.63, 3.8) is 0 Å². The molecule has 130 valence electrons. The summed E-state index contributed by atoms with van der Waals surface area (Å²) in [5.41, 5.74) is 0. The Hall–Kier alpha value is -2.33. The van der Waals surface area contributed by atoms with Crippen LogP contribution in [0, 0.1) is 21.3 Å². The zero-order chi connectivity index (χ0) is 17.0. The van der Waals surface area contributed by atoms with Gasteiger partial charge in [0.25, 0.3) is 0 Å². The maximum absolute atomic E-state index is 9.75. The molecule has 0 fully saturated rings. The van der Waals surface area contributed by atoms with Gasteiger partial charge in [-0.2, -0.15) is 10.5 Å². The first kappa shape index (κ1) is 18.0. The Balaban J connectivity index is 0.00000208. The highest BCUT2D eigenvalue weighted by Gasteiger charge is 2.47. The molecule has 0 aliphatic carbocycles. The van der Waals surface area contributed by atoms with E-state index in [9.17, 15) is 15.6 Å². The molecule has 2 aliphatic rings. The van der Waals surface area contributed by atoms with Crippen LogP contribution >= 0.6 is 10.0 Å². The quantitative estimate of drug-likeness (QED) is 0.773. The van der Waals surface area contributed by atoms with Crippen molar-refractivity contribution in [1.82, 2.24) is 6.15 Å². The van der Waals surface area contributed by atoms with Crippen LogP contribution in [0.25, 0.3) is 0 Å². The molecular weight excluding hydrogens is 334 g/mol. The lowest BCUT2D eigenvalue weighted by Crippen LogP contribution is -2.31. The molecule has 2 heterocycles. The predicted molar refractivity (Wildman–Crippen MR) is 86.3 cm³/mol. The first-order valence-corrected chi connectivity index (χ1v) is 8.68. The van der Waals surface area contributed by atoms with Gasteiger partial charge in [0.15, 0.2) is 23.0 Å². The summed E-state index contributed by atoms with van der Waals surface area (Å²) < 4.78 is 23.0. The van der Waals surface area contributed by atoms with Crippen LogP contribution in [-0.4, -0.2) is 22.6 Å². The SMILES string of the molecule is CC1(C)Oc2cc3c(c(S(C#N)(C#N)CO)c2O1)OC(C)(C)O3.N. The first-order valence-electron chi connectivity index (χ1n) is 6.87. The number of rotatable bonds is 2. The lowest BCUT2D eigenvalue weighted by Gasteiger charge is -2.25. The van der Waals surface area contributed by atoms with Crippen LogP contribution in [0.1, 0.15) is 27.7 Å². The van der Waals surface area contributed by atoms with Crippen molar-refractivity contribution in [3.8, 4) is 33.8 Å². The summed E-state index contributed by atoms with van der Waals surface area (Å²) in [6.45, 7) is 6.84. The summed E-state index contributed by atoms with van der Waals surface area (Å²) in [6, 6.07) is 1.62. The normalized spacial score (nSPS) is 19.0. The number of aliphatic hydroxyl groups is 1. The highest BCUT2D eigenvalue weighted by atomic mass is 32.3. The van der Waals surface area contributed by atoms with E-state index in [-0.39, 0.29) is 22.5 Å². The Morgan fingerprint density at radius 2 is 1.38 bits per heavy atom. The molecule has 0 bridgehead atoms. The number of ether oxygens (including phenoxy) is 4. The molecule has 2 aliphatic heterocycles. The third-order valence-corrected chi connectivity index (χ3v) is 5.46. The molecule has 8 nitrogen and oxygen atoms in total. The van der Waals surface area contributed by atoms with Gasteiger partial charge >= 0.3 is 0 Å². The van der Waals surface area contributed by atoms with Crippen LogP contribution in [0.2, 0.25) is 0 Å². The van der Waals surface area contributed by atoms with Crippen LogP contribution < -0.4 is 25.1 Å². The second-order valence-electron chi connectivity index (χ2n) is 6.12. The van der Waals surface area contributed by atoms with Gasteiger partial charge in [-0.15, -0.1) is 0 Å². The molecule has 0 atom stereocenters. The third kappa shape index (κ3) is 2.47. The van der Waals surface area contributed by atoms with E-state index < -0.39 is 27.5 Å². The Morgan fingerprint density at radius 3 is 1.71 bits per heavy atom. The minimum atomic E-state index is -2.88. The van der Waals surface area contributed by atoms with Crippen molar-refractivity contribution in [2.45, 2.75) is 44.2 Å². The highest BCUT2D eigenvalue weighted by Crippen LogP contribution is 2.67. The highest BCUT2D eigenvalue weighted by molar-refractivity contribution is 8.41. The maximum Gasteiger partial charge on any atom is 0.246 e. The average Bonchev–Trinajstić information content (AvgIpc) is 2.92. The van der Waals surface area contributed by atoms with Gasteiger partial charge in [0.2, 0.25) is 11.6 Å². The van der Waals surface area contributed by atoms with Crippen molar-refractivity contribution < 1.29 is 24.1 Å². The second kappa shape index (κ2) is 5.35. The number of hydrogen-bond acceptors (Lipinski definition) is 8. The average molecular weight is 353 g/mol. The molecule has 3 rings (SSSR count). The molecule has 0 radical (unpaired) electrons. The van der Waals surface area contributed by atoms with E-state index in [1.54, 1.807) is 33.8 Å². The van der Waals surface area contributed by atoms with Crippen LogP contribution in [0.3, 0.4) is 0 Å². The first-order chi connectivity index (χ1) is 10.7. The minimum absolute atomic E-state index is 0. The molecule has 0 spiro atoms. The molecule has 0 unspecified atom stereocenters. The van der Waals surface area contributed by atoms with E-state index in [4.69, 9.17) is 18.9 Å². The minimum Gasteiger partial charge on any atom is -0.449 e. The van der Waals surface area contributed by atoms with Crippen LogP contribution in [0.4, 0.5) is 0 Å². The maximum atomic E-state index is 9.75. The molecule has 1 aromatic rings. The summed E-state index contributed by atoms with van der Waals surface area (Å²) >= 11 is 0. The lowest BCUT2D eigenvalue weighted by atomic mass is 10.3. The van der Waals surface area contributed by atoms with Crippen molar-refractivity contribution in [2.75, 3.05) is 5.94 Å². The number of benzene rings is 1. The number of nitriles is 2. The predicted octanol–water partition coefficient (Wildman–Crippen LogP) is 2.94. The van der Waals surface area contributed by atoms with E-state index in [1.807, 2.05) is 10.8 Å². The lowest BCUT2D eigenvalue weighted by molar-refractivity contribution is -0.0501. The smallest absolute Gasteiger partial charge is 0.246 e. The third-order valence-electron chi connectivity index (χ3n) is 3.38. The van der Waals surface area contributed by atoms with E-state index in [0.29, 0.717) is 11.5 Å². The van der Waals surface area contributed by atoms with Crippen molar-refractivity contribution >= 4 is 10.0 Å². The van der Waals surface area contributed by atoms with Crippen molar-refractivity contribution in [1.29, 1.82) is 10.5 Å². The molecule has 0 saturated heterocycles. The summed E-state index contributed by atoms with van der Waals surface area (Å²) in [5, 5.41) is 32.8. The van der Waals surface area contributed by atoms with Crippen LogP contribution in [-0.2, 0) is 0 Å². The van der Waals surface area contributed by atoms with Gasteiger partial charge in [0, 0.05) is 33.8 Å². The van der Waals surface area contributed by atoms with E-state index >= 15 is 0 Å². The fraction of sp³-hybridized carbons (Fsp3) is 0.467. The molecule has 4 N–H and O–H groups in total. The molecular formula is C15H19N3O5S. The summed E-state index contributed by atoms with van der Waals surface area (Å²) in [5.74, 6) is -1.30. The van der Waals surface area contributed by atoms with E-state index in [1.165, 1.54) is 0 Å². The van der Waals surface area contributed by atoms with Gasteiger partial charge < -0.3 is 30.2 Å². The molecule has 9 heteroatoms. The number of thiocyanates is 2. The molecule has 0 aromatic heterocycles. The monoisotopic (exact) mass is 353 g/mol. The fourth-order valence-corrected chi connectivity index (χ4v) is 3.92. The molecule has 24 heavy (non-hydrogen) atoms. The Kier molecular flexibility index (Phi) is 4.01. The molecule has 1 aromatic carbocycles. The van der Waals surface area contributed by atoms with Gasteiger partial charge in [-0.25, -0.2) is 0 Å². The van der Waals surface area contributed by atoms with Gasteiger partial charge in [-0.3, -0.25) is 0 Å². The fourth-order valence-electron chi connectivity index (χ4n) is 2.54. The number of hydrogen-bond donors (Lipinski definition) is 2.